The predicted molar refractivity (Wildman–Crippen MR) is 114 cm³/mol. The average Bonchev–Trinajstić information content (AvgIpc) is 2.61. The number of methoxy groups -OCH3 is 1. The molecule has 1 aliphatic rings. The second-order valence-electron chi connectivity index (χ2n) is 5.53. The molecule has 3 N–H and O–H groups in total. The zero-order valence-corrected chi connectivity index (χ0v) is 17.8. The fraction of sp³-hybridized carbons (Fsp3) is 0.278. The molecule has 1 unspecified atom stereocenters. The van der Waals surface area contributed by atoms with E-state index in [2.05, 4.69) is 32.3 Å². The smallest absolute Gasteiger partial charge is 0.189 e. The van der Waals surface area contributed by atoms with Gasteiger partial charge in [0, 0.05) is 22.0 Å². The number of aliphatic imine (C=N–C) groups is 1. The van der Waals surface area contributed by atoms with Gasteiger partial charge in [-0.05, 0) is 18.2 Å². The minimum Gasteiger partial charge on any atom is -0.496 e. The van der Waals surface area contributed by atoms with E-state index in [0.29, 0.717) is 19.1 Å². The maximum atomic E-state index is 6.08. The lowest BCUT2D eigenvalue weighted by Crippen LogP contribution is -2.37. The fourth-order valence-electron chi connectivity index (χ4n) is 2.74. The highest BCUT2D eigenvalue weighted by atomic mass is 127. The summed E-state index contributed by atoms with van der Waals surface area (Å²) >= 11 is 3.43. The molecule has 0 amide bonds. The van der Waals surface area contributed by atoms with Crippen LogP contribution in [0.2, 0.25) is 0 Å². The van der Waals surface area contributed by atoms with Crippen molar-refractivity contribution in [2.45, 2.75) is 19.0 Å². The first kappa shape index (κ1) is 19.8. The standard InChI is InChI=1S/C18H20BrN3O2.HI/c1-23-17-10-13(19)7-6-12(17)11-21-18(20)22-15-8-9-24-16-5-3-2-4-14(15)16;/h2-7,10,15H,8-9,11H2,1H3,(H3,20,21,22);1H. The summed E-state index contributed by atoms with van der Waals surface area (Å²) < 4.78 is 12.0. The van der Waals surface area contributed by atoms with E-state index in [1.807, 2.05) is 36.4 Å². The number of nitrogens with one attached hydrogen (secondary N) is 1. The third-order valence-corrected chi connectivity index (χ3v) is 4.44. The van der Waals surface area contributed by atoms with Crippen molar-refractivity contribution in [2.75, 3.05) is 13.7 Å². The maximum absolute atomic E-state index is 6.08. The molecule has 0 radical (unpaired) electrons. The Morgan fingerprint density at radius 2 is 2.16 bits per heavy atom. The highest BCUT2D eigenvalue weighted by molar-refractivity contribution is 14.0. The van der Waals surface area contributed by atoms with Gasteiger partial charge in [-0.2, -0.15) is 0 Å². The first-order chi connectivity index (χ1) is 11.7. The number of halogens is 2. The van der Waals surface area contributed by atoms with Crippen LogP contribution in [-0.4, -0.2) is 19.7 Å². The van der Waals surface area contributed by atoms with Gasteiger partial charge in [0.2, 0.25) is 0 Å². The summed E-state index contributed by atoms with van der Waals surface area (Å²) in [6, 6.07) is 14.0. The molecular formula is C18H21BrIN3O2. The Kier molecular flexibility index (Phi) is 7.37. The van der Waals surface area contributed by atoms with Crippen LogP contribution in [-0.2, 0) is 6.54 Å². The van der Waals surface area contributed by atoms with Crippen LogP contribution in [0.25, 0.3) is 0 Å². The molecule has 0 aliphatic carbocycles. The number of guanidine groups is 1. The van der Waals surface area contributed by atoms with Crippen LogP contribution in [0.1, 0.15) is 23.6 Å². The number of nitrogens with two attached hydrogens (primary N) is 1. The van der Waals surface area contributed by atoms with Crippen molar-refractivity contribution >= 4 is 45.9 Å². The summed E-state index contributed by atoms with van der Waals surface area (Å²) in [4.78, 5) is 4.45. The molecule has 3 rings (SSSR count). The Labute approximate surface area is 173 Å². The van der Waals surface area contributed by atoms with Gasteiger partial charge in [0.15, 0.2) is 5.96 Å². The van der Waals surface area contributed by atoms with E-state index in [0.717, 1.165) is 33.5 Å². The number of nitrogens with zero attached hydrogens (tertiary/aromatic N) is 1. The van der Waals surface area contributed by atoms with E-state index < -0.39 is 0 Å². The molecule has 1 heterocycles. The minimum absolute atomic E-state index is 0. The molecule has 0 aromatic heterocycles. The largest absolute Gasteiger partial charge is 0.496 e. The number of hydrogen-bond acceptors (Lipinski definition) is 3. The van der Waals surface area contributed by atoms with Crippen molar-refractivity contribution in [3.63, 3.8) is 0 Å². The molecular weight excluding hydrogens is 497 g/mol. The van der Waals surface area contributed by atoms with Crippen molar-refractivity contribution in [3.05, 3.63) is 58.1 Å². The molecule has 134 valence electrons. The molecule has 1 atom stereocenters. The molecule has 5 nitrogen and oxygen atoms in total. The molecule has 0 saturated carbocycles. The highest BCUT2D eigenvalue weighted by Gasteiger charge is 2.21. The molecule has 1 aliphatic heterocycles. The third-order valence-electron chi connectivity index (χ3n) is 3.95. The van der Waals surface area contributed by atoms with Crippen LogP contribution < -0.4 is 20.5 Å². The Morgan fingerprint density at radius 1 is 1.36 bits per heavy atom. The Bertz CT molecular complexity index is 755. The number of hydrogen-bond donors (Lipinski definition) is 2. The van der Waals surface area contributed by atoms with Gasteiger partial charge in [-0.3, -0.25) is 0 Å². The van der Waals surface area contributed by atoms with Gasteiger partial charge >= 0.3 is 0 Å². The van der Waals surface area contributed by atoms with Crippen LogP contribution in [0.4, 0.5) is 0 Å². The first-order valence-corrected chi connectivity index (χ1v) is 8.57. The molecule has 7 heteroatoms. The summed E-state index contributed by atoms with van der Waals surface area (Å²) in [6.45, 7) is 1.13. The van der Waals surface area contributed by atoms with E-state index in [4.69, 9.17) is 15.2 Å². The average molecular weight is 518 g/mol. The van der Waals surface area contributed by atoms with Gasteiger partial charge in [0.25, 0.3) is 0 Å². The van der Waals surface area contributed by atoms with Crippen LogP contribution >= 0.6 is 39.9 Å². The minimum atomic E-state index is 0. The number of fused-ring (bicyclic) bond motifs is 1. The lowest BCUT2D eigenvalue weighted by molar-refractivity contribution is 0.262. The Hall–Kier alpha value is -1.48. The quantitative estimate of drug-likeness (QED) is 0.365. The monoisotopic (exact) mass is 517 g/mol. The summed E-state index contributed by atoms with van der Waals surface area (Å²) in [7, 11) is 1.65. The van der Waals surface area contributed by atoms with E-state index in [1.54, 1.807) is 7.11 Å². The summed E-state index contributed by atoms with van der Waals surface area (Å²) in [5.74, 6) is 2.11. The first-order valence-electron chi connectivity index (χ1n) is 7.78. The number of benzene rings is 2. The summed E-state index contributed by atoms with van der Waals surface area (Å²) in [5.41, 5.74) is 8.18. The third kappa shape index (κ3) is 5.01. The fourth-order valence-corrected chi connectivity index (χ4v) is 3.08. The van der Waals surface area contributed by atoms with E-state index in [9.17, 15) is 0 Å². The molecule has 2 aromatic carbocycles. The molecule has 0 bridgehead atoms. The topological polar surface area (TPSA) is 68.9 Å². The van der Waals surface area contributed by atoms with Gasteiger partial charge in [-0.25, -0.2) is 4.99 Å². The van der Waals surface area contributed by atoms with E-state index >= 15 is 0 Å². The maximum Gasteiger partial charge on any atom is 0.189 e. The van der Waals surface area contributed by atoms with Gasteiger partial charge in [-0.1, -0.05) is 40.2 Å². The zero-order valence-electron chi connectivity index (χ0n) is 13.9. The van der Waals surface area contributed by atoms with Gasteiger partial charge in [0.05, 0.1) is 26.3 Å². The highest BCUT2D eigenvalue weighted by Crippen LogP contribution is 2.31. The summed E-state index contributed by atoms with van der Waals surface area (Å²) in [6.07, 6.45) is 0.856. The van der Waals surface area contributed by atoms with Crippen molar-refractivity contribution in [3.8, 4) is 11.5 Å². The molecule has 0 spiro atoms. The van der Waals surface area contributed by atoms with Gasteiger partial charge in [0.1, 0.15) is 11.5 Å². The van der Waals surface area contributed by atoms with Gasteiger partial charge < -0.3 is 20.5 Å². The predicted octanol–water partition coefficient (Wildman–Crippen LogP) is 4.00. The van der Waals surface area contributed by atoms with Crippen LogP contribution in [0.5, 0.6) is 11.5 Å². The van der Waals surface area contributed by atoms with Crippen molar-refractivity contribution in [1.29, 1.82) is 0 Å². The molecule has 0 fully saturated rings. The van der Waals surface area contributed by atoms with E-state index in [-0.39, 0.29) is 30.0 Å². The Morgan fingerprint density at radius 3 is 2.96 bits per heavy atom. The number of rotatable bonds is 4. The second-order valence-corrected chi connectivity index (χ2v) is 6.45. The van der Waals surface area contributed by atoms with Crippen LogP contribution in [0.3, 0.4) is 0 Å². The van der Waals surface area contributed by atoms with E-state index in [1.165, 1.54) is 0 Å². The second kappa shape index (κ2) is 9.28. The normalized spacial score (nSPS) is 16.2. The molecule has 25 heavy (non-hydrogen) atoms. The number of para-hydroxylation sites is 1. The Balaban J connectivity index is 0.00000225. The van der Waals surface area contributed by atoms with Gasteiger partial charge in [-0.15, -0.1) is 24.0 Å². The number of ether oxygens (including phenoxy) is 2. The summed E-state index contributed by atoms with van der Waals surface area (Å²) in [5, 5.41) is 3.29. The molecule has 2 aromatic rings. The van der Waals surface area contributed by atoms with Crippen molar-refractivity contribution in [1.82, 2.24) is 5.32 Å². The van der Waals surface area contributed by atoms with Crippen molar-refractivity contribution in [2.24, 2.45) is 10.7 Å². The SMILES string of the molecule is COc1cc(Br)ccc1CN=C(N)NC1CCOc2ccccc21.I. The zero-order chi connectivity index (χ0) is 16.9. The van der Waals surface area contributed by atoms with Crippen molar-refractivity contribution < 1.29 is 9.47 Å². The lowest BCUT2D eigenvalue weighted by atomic mass is 10.0. The van der Waals surface area contributed by atoms with Crippen LogP contribution in [0, 0.1) is 0 Å². The van der Waals surface area contributed by atoms with Crippen LogP contribution in [0.15, 0.2) is 51.9 Å². The lowest BCUT2D eigenvalue weighted by Gasteiger charge is -2.26. The molecule has 0 saturated heterocycles.